The molecule has 2 N–H and O–H groups in total. The number of carbonyl (C=O) groups excluding carboxylic acids is 1. The molecule has 0 aliphatic carbocycles. The third-order valence-corrected chi connectivity index (χ3v) is 6.31. The lowest BCUT2D eigenvalue weighted by atomic mass is 10.0. The smallest absolute Gasteiger partial charge is 0.257 e. The van der Waals surface area contributed by atoms with Crippen molar-refractivity contribution in [3.05, 3.63) is 95.3 Å². The summed E-state index contributed by atoms with van der Waals surface area (Å²) in [6, 6.07) is 19.9. The van der Waals surface area contributed by atoms with E-state index in [1.807, 2.05) is 36.4 Å². The molecule has 1 fully saturated rings. The van der Waals surface area contributed by atoms with Crippen LogP contribution in [0.25, 0.3) is 0 Å². The molecule has 35 heavy (non-hydrogen) atoms. The standard InChI is InChI=1S/C29H35N5O/c1-22(2)25-10-12-27(13-11-25)32-29(31-20-23-14-16-30-17-15-23)33-28(35)26-8-6-24(7-9-26)21-34-18-4-3-5-19-34/h6-17,22H,3-5,18-21H2,1-2H3,(H2,31,32,33,35). The molecule has 182 valence electrons. The van der Waals surface area contributed by atoms with Crippen molar-refractivity contribution >= 4 is 17.6 Å². The van der Waals surface area contributed by atoms with Crippen LogP contribution in [-0.4, -0.2) is 34.8 Å². The van der Waals surface area contributed by atoms with Gasteiger partial charge in [-0.3, -0.25) is 20.0 Å². The second kappa shape index (κ2) is 12.3. The summed E-state index contributed by atoms with van der Waals surface area (Å²) in [6.07, 6.45) is 7.36. The van der Waals surface area contributed by atoms with Crippen LogP contribution >= 0.6 is 0 Å². The maximum atomic E-state index is 13.0. The van der Waals surface area contributed by atoms with E-state index in [1.54, 1.807) is 12.4 Å². The molecular weight excluding hydrogens is 434 g/mol. The van der Waals surface area contributed by atoms with Crippen molar-refractivity contribution in [1.82, 2.24) is 15.2 Å². The Hall–Kier alpha value is -3.51. The molecule has 1 aliphatic rings. The second-order valence-corrected chi connectivity index (χ2v) is 9.41. The Bertz CT molecular complexity index is 1100. The minimum atomic E-state index is -0.186. The van der Waals surface area contributed by atoms with Gasteiger partial charge in [0.2, 0.25) is 5.96 Å². The molecule has 2 heterocycles. The average molecular weight is 470 g/mol. The number of rotatable bonds is 7. The summed E-state index contributed by atoms with van der Waals surface area (Å²) in [6.45, 7) is 8.02. The number of likely N-dealkylation sites (tertiary alicyclic amines) is 1. The molecule has 1 amide bonds. The SMILES string of the molecule is CC(C)c1ccc(NC(=NCc2ccncc2)NC(=O)c2ccc(CN3CCCCC3)cc2)cc1. The Kier molecular flexibility index (Phi) is 8.63. The highest BCUT2D eigenvalue weighted by Crippen LogP contribution is 2.17. The number of aliphatic imine (C=N–C) groups is 1. The molecule has 4 rings (SSSR count). The van der Waals surface area contributed by atoms with E-state index in [0.717, 1.165) is 30.9 Å². The van der Waals surface area contributed by atoms with Crippen LogP contribution in [0.2, 0.25) is 0 Å². The zero-order valence-corrected chi connectivity index (χ0v) is 20.7. The highest BCUT2D eigenvalue weighted by Gasteiger charge is 2.13. The molecule has 0 bridgehead atoms. The third kappa shape index (κ3) is 7.49. The van der Waals surface area contributed by atoms with E-state index in [0.29, 0.717) is 24.0 Å². The molecule has 0 unspecified atom stereocenters. The van der Waals surface area contributed by atoms with Gasteiger partial charge in [-0.05, 0) is 84.9 Å². The van der Waals surface area contributed by atoms with Crippen LogP contribution in [0.5, 0.6) is 0 Å². The Balaban J connectivity index is 1.44. The molecule has 0 saturated carbocycles. The number of anilines is 1. The van der Waals surface area contributed by atoms with Gasteiger partial charge in [0.15, 0.2) is 0 Å². The van der Waals surface area contributed by atoms with Gasteiger partial charge in [-0.15, -0.1) is 0 Å². The van der Waals surface area contributed by atoms with Crippen molar-refractivity contribution in [1.29, 1.82) is 0 Å². The number of pyridine rings is 1. The number of benzene rings is 2. The first kappa shape index (κ1) is 24.6. The zero-order valence-electron chi connectivity index (χ0n) is 20.7. The maximum absolute atomic E-state index is 13.0. The number of nitrogens with zero attached hydrogens (tertiary/aromatic N) is 3. The van der Waals surface area contributed by atoms with Crippen LogP contribution in [0.4, 0.5) is 5.69 Å². The predicted molar refractivity (Wildman–Crippen MR) is 143 cm³/mol. The largest absolute Gasteiger partial charge is 0.326 e. The minimum absolute atomic E-state index is 0.186. The van der Waals surface area contributed by atoms with E-state index < -0.39 is 0 Å². The number of hydrogen-bond donors (Lipinski definition) is 2. The van der Waals surface area contributed by atoms with Crippen LogP contribution in [0, 0.1) is 0 Å². The van der Waals surface area contributed by atoms with Gasteiger partial charge in [0.05, 0.1) is 6.54 Å². The summed E-state index contributed by atoms with van der Waals surface area (Å²) >= 11 is 0. The quantitative estimate of drug-likeness (QED) is 0.350. The summed E-state index contributed by atoms with van der Waals surface area (Å²) in [7, 11) is 0. The summed E-state index contributed by atoms with van der Waals surface area (Å²) < 4.78 is 0. The van der Waals surface area contributed by atoms with Gasteiger partial charge in [-0.1, -0.05) is 44.5 Å². The Morgan fingerprint density at radius 2 is 1.60 bits per heavy atom. The van der Waals surface area contributed by atoms with Crippen molar-refractivity contribution in [2.75, 3.05) is 18.4 Å². The van der Waals surface area contributed by atoms with Gasteiger partial charge in [-0.2, -0.15) is 0 Å². The summed E-state index contributed by atoms with van der Waals surface area (Å²) in [5.41, 5.74) is 5.00. The van der Waals surface area contributed by atoms with E-state index in [9.17, 15) is 4.79 Å². The van der Waals surface area contributed by atoms with Crippen molar-refractivity contribution in [3.63, 3.8) is 0 Å². The summed E-state index contributed by atoms with van der Waals surface area (Å²) in [5, 5.41) is 6.24. The molecule has 0 spiro atoms. The fraction of sp³-hybridized carbons (Fsp3) is 0.345. The lowest BCUT2D eigenvalue weighted by molar-refractivity contribution is 0.0977. The molecule has 0 radical (unpaired) electrons. The Morgan fingerprint density at radius 3 is 2.26 bits per heavy atom. The Labute approximate surface area is 208 Å². The number of guanidine groups is 1. The number of piperidine rings is 1. The van der Waals surface area contributed by atoms with Crippen LogP contribution < -0.4 is 10.6 Å². The monoisotopic (exact) mass is 469 g/mol. The number of aromatic nitrogens is 1. The lowest BCUT2D eigenvalue weighted by Gasteiger charge is -2.26. The van der Waals surface area contributed by atoms with Gasteiger partial charge >= 0.3 is 0 Å². The highest BCUT2D eigenvalue weighted by molar-refractivity contribution is 6.09. The first-order valence-electron chi connectivity index (χ1n) is 12.5. The van der Waals surface area contributed by atoms with Crippen LogP contribution in [0.15, 0.2) is 78.0 Å². The fourth-order valence-corrected chi connectivity index (χ4v) is 4.17. The van der Waals surface area contributed by atoms with E-state index in [4.69, 9.17) is 0 Å². The molecule has 3 aromatic rings. The highest BCUT2D eigenvalue weighted by atomic mass is 16.1. The van der Waals surface area contributed by atoms with Crippen molar-refractivity contribution in [3.8, 4) is 0 Å². The second-order valence-electron chi connectivity index (χ2n) is 9.41. The van der Waals surface area contributed by atoms with Gasteiger partial charge in [0.1, 0.15) is 0 Å². The molecule has 1 saturated heterocycles. The molecule has 2 aromatic carbocycles. The minimum Gasteiger partial charge on any atom is -0.326 e. The molecule has 6 heteroatoms. The predicted octanol–water partition coefficient (Wildman–Crippen LogP) is 5.59. The number of nitrogens with one attached hydrogen (secondary N) is 2. The van der Waals surface area contributed by atoms with Crippen molar-refractivity contribution in [2.24, 2.45) is 4.99 Å². The topological polar surface area (TPSA) is 69.6 Å². The molecular formula is C29H35N5O. The fourth-order valence-electron chi connectivity index (χ4n) is 4.17. The summed E-state index contributed by atoms with van der Waals surface area (Å²) in [5.74, 6) is 0.692. The molecule has 0 atom stereocenters. The van der Waals surface area contributed by atoms with Crippen LogP contribution in [0.3, 0.4) is 0 Å². The van der Waals surface area contributed by atoms with E-state index in [1.165, 1.54) is 30.4 Å². The van der Waals surface area contributed by atoms with E-state index >= 15 is 0 Å². The van der Waals surface area contributed by atoms with Crippen LogP contribution in [0.1, 0.15) is 66.1 Å². The Morgan fingerprint density at radius 1 is 0.914 bits per heavy atom. The maximum Gasteiger partial charge on any atom is 0.257 e. The van der Waals surface area contributed by atoms with Crippen molar-refractivity contribution in [2.45, 2.75) is 52.1 Å². The number of amides is 1. The van der Waals surface area contributed by atoms with Gasteiger partial charge in [0.25, 0.3) is 5.91 Å². The zero-order chi connectivity index (χ0) is 24.5. The third-order valence-electron chi connectivity index (χ3n) is 6.31. The molecule has 1 aliphatic heterocycles. The molecule has 6 nitrogen and oxygen atoms in total. The normalized spacial score (nSPS) is 14.7. The van der Waals surface area contributed by atoms with E-state index in [-0.39, 0.29) is 5.91 Å². The number of carbonyl (C=O) groups is 1. The van der Waals surface area contributed by atoms with Crippen LogP contribution in [-0.2, 0) is 13.1 Å². The average Bonchev–Trinajstić information content (AvgIpc) is 2.89. The van der Waals surface area contributed by atoms with E-state index in [2.05, 4.69) is 63.6 Å². The first-order chi connectivity index (χ1) is 17.1. The lowest BCUT2D eigenvalue weighted by Crippen LogP contribution is -2.36. The van der Waals surface area contributed by atoms with Gasteiger partial charge in [-0.25, -0.2) is 4.99 Å². The van der Waals surface area contributed by atoms with Gasteiger partial charge < -0.3 is 5.32 Å². The first-order valence-corrected chi connectivity index (χ1v) is 12.5. The van der Waals surface area contributed by atoms with Gasteiger partial charge in [0, 0.05) is 30.2 Å². The van der Waals surface area contributed by atoms with Crippen molar-refractivity contribution < 1.29 is 4.79 Å². The molecule has 1 aromatic heterocycles. The summed E-state index contributed by atoms with van der Waals surface area (Å²) in [4.78, 5) is 24.2. The number of hydrogen-bond acceptors (Lipinski definition) is 4.